The number of ether oxygens (including phenoxy) is 2. The minimum absolute atomic E-state index is 0.0212. The van der Waals surface area contributed by atoms with Gasteiger partial charge >= 0.3 is 0 Å². The Bertz CT molecular complexity index is 752. The van der Waals surface area contributed by atoms with Crippen molar-refractivity contribution in [1.82, 2.24) is 5.32 Å². The summed E-state index contributed by atoms with van der Waals surface area (Å²) in [5, 5.41) is 2.67. The number of ketones is 1. The van der Waals surface area contributed by atoms with Crippen LogP contribution >= 0.6 is 0 Å². The Morgan fingerprint density at radius 3 is 2.71 bits per heavy atom. The van der Waals surface area contributed by atoms with Crippen LogP contribution in [0, 0.1) is 0 Å². The number of fused-ring (bicyclic) bond motifs is 1. The van der Waals surface area contributed by atoms with Crippen molar-refractivity contribution in [1.29, 1.82) is 0 Å². The summed E-state index contributed by atoms with van der Waals surface area (Å²) >= 11 is 0. The van der Waals surface area contributed by atoms with E-state index in [1.54, 1.807) is 31.4 Å². The molecule has 0 radical (unpaired) electrons. The first-order chi connectivity index (χ1) is 11.7. The van der Waals surface area contributed by atoms with Crippen LogP contribution < -0.4 is 14.8 Å². The second-order valence-electron chi connectivity index (χ2n) is 5.65. The molecule has 1 aliphatic rings. The van der Waals surface area contributed by atoms with Gasteiger partial charge in [0.2, 0.25) is 5.91 Å². The van der Waals surface area contributed by atoms with Crippen LogP contribution in [0.5, 0.6) is 11.5 Å². The highest BCUT2D eigenvalue weighted by atomic mass is 16.5. The lowest BCUT2D eigenvalue weighted by atomic mass is 10.1. The Kier molecular flexibility index (Phi) is 4.79. The molecular weight excluding hydrogens is 306 g/mol. The number of benzene rings is 2. The van der Waals surface area contributed by atoms with E-state index < -0.39 is 0 Å². The summed E-state index contributed by atoms with van der Waals surface area (Å²) in [6, 6.07) is 12.6. The number of Topliss-reactive ketones (excluding diaryl/α,β-unsaturated/α-hetero) is 1. The van der Waals surface area contributed by atoms with Gasteiger partial charge in [-0.25, -0.2) is 0 Å². The molecule has 24 heavy (non-hydrogen) atoms. The molecule has 1 N–H and O–H groups in total. The number of methoxy groups -OCH3 is 1. The van der Waals surface area contributed by atoms with Crippen molar-refractivity contribution in [2.75, 3.05) is 20.3 Å². The molecule has 5 heteroatoms. The summed E-state index contributed by atoms with van der Waals surface area (Å²) in [6.45, 7) is 0.675. The quantitative estimate of drug-likeness (QED) is 0.827. The minimum Gasteiger partial charge on any atom is -0.497 e. The summed E-state index contributed by atoms with van der Waals surface area (Å²) in [5.74, 6) is 1.22. The van der Waals surface area contributed by atoms with Crippen LogP contribution in [0.4, 0.5) is 0 Å². The number of hydrogen-bond donors (Lipinski definition) is 1. The second-order valence-corrected chi connectivity index (χ2v) is 5.65. The first-order valence-electron chi connectivity index (χ1n) is 7.84. The Balaban J connectivity index is 1.52. The van der Waals surface area contributed by atoms with Crippen molar-refractivity contribution in [2.24, 2.45) is 0 Å². The van der Waals surface area contributed by atoms with E-state index in [-0.39, 0.29) is 24.7 Å². The van der Waals surface area contributed by atoms with Crippen molar-refractivity contribution < 1.29 is 19.1 Å². The number of rotatable bonds is 6. The predicted octanol–water partition coefficient (Wildman–Crippen LogP) is 2.17. The maximum Gasteiger partial charge on any atom is 0.224 e. The second kappa shape index (κ2) is 7.17. The molecule has 0 spiro atoms. The molecule has 1 amide bonds. The Morgan fingerprint density at radius 1 is 1.17 bits per heavy atom. The summed E-state index contributed by atoms with van der Waals surface area (Å²) in [5.41, 5.74) is 2.60. The molecular formula is C19H19NO4. The fourth-order valence-corrected chi connectivity index (χ4v) is 2.63. The fraction of sp³-hybridized carbons (Fsp3) is 0.263. The molecule has 3 rings (SSSR count). The lowest BCUT2D eigenvalue weighted by Crippen LogP contribution is -2.30. The number of carbonyl (C=O) groups excluding carboxylic acids is 2. The molecule has 5 nitrogen and oxygen atoms in total. The average Bonchev–Trinajstić information content (AvgIpc) is 3.07. The number of amides is 1. The number of nitrogens with one attached hydrogen (secondary N) is 1. The molecule has 0 aliphatic carbocycles. The molecule has 1 aliphatic heterocycles. The third-order valence-electron chi connectivity index (χ3n) is 3.98. The SMILES string of the molecule is COc1ccc(C(=O)CNC(=O)Cc2ccc3c(c2)OCC3)cc1. The summed E-state index contributed by atoms with van der Waals surface area (Å²) < 4.78 is 10.6. The lowest BCUT2D eigenvalue weighted by Gasteiger charge is -2.07. The zero-order valence-corrected chi connectivity index (χ0v) is 13.5. The van der Waals surface area contributed by atoms with Gasteiger partial charge in [0.15, 0.2) is 5.78 Å². The zero-order chi connectivity index (χ0) is 16.9. The van der Waals surface area contributed by atoms with Crippen LogP contribution in [0.1, 0.15) is 21.5 Å². The zero-order valence-electron chi connectivity index (χ0n) is 13.5. The lowest BCUT2D eigenvalue weighted by molar-refractivity contribution is -0.120. The smallest absolute Gasteiger partial charge is 0.224 e. The van der Waals surface area contributed by atoms with Gasteiger partial charge in [-0.3, -0.25) is 9.59 Å². The molecule has 0 atom stereocenters. The van der Waals surface area contributed by atoms with Crippen LogP contribution in [0.15, 0.2) is 42.5 Å². The van der Waals surface area contributed by atoms with Gasteiger partial charge in [0.25, 0.3) is 0 Å². The molecule has 2 aromatic rings. The normalized spacial score (nSPS) is 12.2. The molecule has 0 unspecified atom stereocenters. The van der Waals surface area contributed by atoms with Gasteiger partial charge in [-0.05, 0) is 41.5 Å². The van der Waals surface area contributed by atoms with E-state index in [4.69, 9.17) is 9.47 Å². The molecule has 0 saturated heterocycles. The predicted molar refractivity (Wildman–Crippen MR) is 89.7 cm³/mol. The maximum absolute atomic E-state index is 12.1. The van der Waals surface area contributed by atoms with E-state index in [1.165, 1.54) is 5.56 Å². The topological polar surface area (TPSA) is 64.6 Å². The standard InChI is InChI=1S/C19H19NO4/c1-23-16-6-4-14(5-7-16)17(21)12-20-19(22)11-13-2-3-15-8-9-24-18(15)10-13/h2-7,10H,8-9,11-12H2,1H3,(H,20,22). The highest BCUT2D eigenvalue weighted by Crippen LogP contribution is 2.26. The monoisotopic (exact) mass is 325 g/mol. The van der Waals surface area contributed by atoms with Gasteiger partial charge in [0.1, 0.15) is 11.5 Å². The minimum atomic E-state index is -0.185. The van der Waals surface area contributed by atoms with Gasteiger partial charge in [0.05, 0.1) is 26.7 Å². The summed E-state index contributed by atoms with van der Waals surface area (Å²) in [4.78, 5) is 24.1. The van der Waals surface area contributed by atoms with E-state index in [2.05, 4.69) is 5.32 Å². The largest absolute Gasteiger partial charge is 0.497 e. The molecule has 0 aromatic heterocycles. The summed E-state index contributed by atoms with van der Waals surface area (Å²) in [7, 11) is 1.57. The van der Waals surface area contributed by atoms with Gasteiger partial charge < -0.3 is 14.8 Å². The van der Waals surface area contributed by atoms with E-state index in [0.29, 0.717) is 17.9 Å². The highest BCUT2D eigenvalue weighted by Gasteiger charge is 2.14. The van der Waals surface area contributed by atoms with Crippen molar-refractivity contribution in [3.63, 3.8) is 0 Å². The molecule has 124 valence electrons. The van der Waals surface area contributed by atoms with Crippen LogP contribution in [-0.2, 0) is 17.6 Å². The van der Waals surface area contributed by atoms with Crippen LogP contribution in [0.2, 0.25) is 0 Å². The van der Waals surface area contributed by atoms with Crippen LogP contribution in [0.3, 0.4) is 0 Å². The molecule has 2 aromatic carbocycles. The van der Waals surface area contributed by atoms with Gasteiger partial charge in [-0.15, -0.1) is 0 Å². The third-order valence-corrected chi connectivity index (χ3v) is 3.98. The molecule has 0 bridgehead atoms. The van der Waals surface area contributed by atoms with Crippen LogP contribution in [-0.4, -0.2) is 32.0 Å². The van der Waals surface area contributed by atoms with Crippen molar-refractivity contribution in [3.8, 4) is 11.5 Å². The Labute approximate surface area is 140 Å². The van der Waals surface area contributed by atoms with Crippen molar-refractivity contribution in [3.05, 3.63) is 59.2 Å². The summed E-state index contributed by atoms with van der Waals surface area (Å²) in [6.07, 6.45) is 1.14. The van der Waals surface area contributed by atoms with Crippen molar-refractivity contribution >= 4 is 11.7 Å². The first kappa shape index (κ1) is 16.1. The molecule has 0 saturated carbocycles. The fourth-order valence-electron chi connectivity index (χ4n) is 2.63. The third kappa shape index (κ3) is 3.74. The average molecular weight is 325 g/mol. The van der Waals surface area contributed by atoms with Crippen LogP contribution in [0.25, 0.3) is 0 Å². The van der Waals surface area contributed by atoms with E-state index in [0.717, 1.165) is 17.7 Å². The van der Waals surface area contributed by atoms with E-state index in [9.17, 15) is 9.59 Å². The molecule has 0 fully saturated rings. The highest BCUT2D eigenvalue weighted by molar-refractivity contribution is 5.99. The number of hydrogen-bond acceptors (Lipinski definition) is 4. The van der Waals surface area contributed by atoms with E-state index in [1.807, 2.05) is 18.2 Å². The molecule has 1 heterocycles. The maximum atomic E-state index is 12.1. The van der Waals surface area contributed by atoms with Gasteiger partial charge in [-0.1, -0.05) is 12.1 Å². The number of carbonyl (C=O) groups is 2. The first-order valence-corrected chi connectivity index (χ1v) is 7.84. The van der Waals surface area contributed by atoms with E-state index >= 15 is 0 Å². The Morgan fingerprint density at radius 2 is 1.96 bits per heavy atom. The van der Waals surface area contributed by atoms with Crippen molar-refractivity contribution in [2.45, 2.75) is 12.8 Å². The van der Waals surface area contributed by atoms with Gasteiger partial charge in [0, 0.05) is 12.0 Å². The Hall–Kier alpha value is -2.82. The van der Waals surface area contributed by atoms with Gasteiger partial charge in [-0.2, -0.15) is 0 Å².